The van der Waals surface area contributed by atoms with E-state index in [9.17, 15) is 0 Å². The number of aromatic nitrogens is 1. The van der Waals surface area contributed by atoms with Crippen LogP contribution in [0.5, 0.6) is 0 Å². The highest BCUT2D eigenvalue weighted by atomic mass is 16.3. The van der Waals surface area contributed by atoms with Gasteiger partial charge in [0.2, 0.25) is 0 Å². The molecule has 9 aromatic rings. The summed E-state index contributed by atoms with van der Waals surface area (Å²) in [7, 11) is 0. The first kappa shape index (κ1) is 22.3. The third kappa shape index (κ3) is 3.20. The Labute approximate surface area is 235 Å². The van der Waals surface area contributed by atoms with Crippen LogP contribution in [0.4, 0.5) is 0 Å². The van der Waals surface area contributed by atoms with Crippen molar-refractivity contribution >= 4 is 54.9 Å². The Bertz CT molecular complexity index is 2420. The van der Waals surface area contributed by atoms with Crippen LogP contribution in [0.3, 0.4) is 0 Å². The van der Waals surface area contributed by atoms with E-state index in [4.69, 9.17) is 8.83 Å². The second kappa shape index (κ2) is 8.48. The average molecular weight is 526 g/mol. The van der Waals surface area contributed by atoms with Crippen LogP contribution in [0.1, 0.15) is 0 Å². The number of hydrogen-bond acceptors (Lipinski definition) is 2. The van der Waals surface area contributed by atoms with Gasteiger partial charge in [0, 0.05) is 21.8 Å². The third-order valence-corrected chi connectivity index (χ3v) is 8.22. The Hall–Kier alpha value is -5.54. The zero-order valence-corrected chi connectivity index (χ0v) is 22.0. The monoisotopic (exact) mass is 525 g/mol. The summed E-state index contributed by atoms with van der Waals surface area (Å²) >= 11 is 0. The smallest absolute Gasteiger partial charge is 0.161 e. The van der Waals surface area contributed by atoms with Crippen molar-refractivity contribution in [2.24, 2.45) is 0 Å². The highest BCUT2D eigenvalue weighted by molar-refractivity contribution is 6.20. The quantitative estimate of drug-likeness (QED) is 0.230. The molecular weight excluding hydrogens is 502 g/mol. The van der Waals surface area contributed by atoms with Crippen molar-refractivity contribution in [1.29, 1.82) is 0 Å². The predicted molar refractivity (Wildman–Crippen MR) is 169 cm³/mol. The number of hydrogen-bond donors (Lipinski definition) is 0. The van der Waals surface area contributed by atoms with Gasteiger partial charge in [0.15, 0.2) is 5.58 Å². The van der Waals surface area contributed by atoms with Crippen molar-refractivity contribution in [3.05, 3.63) is 140 Å². The fourth-order valence-corrected chi connectivity index (χ4v) is 6.44. The fourth-order valence-electron chi connectivity index (χ4n) is 6.44. The van der Waals surface area contributed by atoms with Crippen molar-refractivity contribution in [1.82, 2.24) is 4.57 Å². The maximum atomic E-state index is 6.64. The number of rotatable bonds is 3. The molecule has 0 saturated carbocycles. The topological polar surface area (TPSA) is 31.2 Å². The van der Waals surface area contributed by atoms with Crippen LogP contribution in [0.2, 0.25) is 0 Å². The van der Waals surface area contributed by atoms with Crippen molar-refractivity contribution in [3.63, 3.8) is 0 Å². The summed E-state index contributed by atoms with van der Waals surface area (Å²) in [5.41, 5.74) is 11.6. The molecule has 0 spiro atoms. The molecule has 41 heavy (non-hydrogen) atoms. The lowest BCUT2D eigenvalue weighted by Gasteiger charge is -2.13. The van der Waals surface area contributed by atoms with Gasteiger partial charge in [-0.1, -0.05) is 91.0 Å². The number of fused-ring (bicyclic) bond motifs is 8. The molecule has 0 aliphatic carbocycles. The molecule has 0 radical (unpaired) electrons. The Morgan fingerprint density at radius 1 is 0.439 bits per heavy atom. The molecule has 0 aliphatic rings. The fraction of sp³-hybridized carbons (Fsp3) is 0. The molecule has 0 bridgehead atoms. The second-order valence-electron chi connectivity index (χ2n) is 10.5. The molecule has 3 nitrogen and oxygen atoms in total. The van der Waals surface area contributed by atoms with Gasteiger partial charge in [-0.05, 0) is 70.8 Å². The van der Waals surface area contributed by atoms with Crippen LogP contribution in [0, 0.1) is 0 Å². The van der Waals surface area contributed by atoms with E-state index < -0.39 is 0 Å². The van der Waals surface area contributed by atoms with E-state index in [1.165, 1.54) is 5.56 Å². The summed E-state index contributed by atoms with van der Waals surface area (Å²) in [6, 6.07) is 48.8. The van der Waals surface area contributed by atoms with Crippen molar-refractivity contribution in [3.8, 4) is 27.9 Å². The van der Waals surface area contributed by atoms with Gasteiger partial charge >= 0.3 is 0 Å². The van der Waals surface area contributed by atoms with E-state index in [0.717, 1.165) is 77.3 Å². The lowest BCUT2D eigenvalue weighted by atomic mass is 9.92. The van der Waals surface area contributed by atoms with Crippen LogP contribution < -0.4 is 0 Å². The molecule has 0 amide bonds. The minimum Gasteiger partial charge on any atom is -0.456 e. The maximum Gasteiger partial charge on any atom is 0.161 e. The first-order chi connectivity index (χ1) is 20.3. The molecule has 0 saturated heterocycles. The highest BCUT2D eigenvalue weighted by Crippen LogP contribution is 2.45. The van der Waals surface area contributed by atoms with Crippen LogP contribution in [-0.2, 0) is 0 Å². The Morgan fingerprint density at radius 3 is 2.02 bits per heavy atom. The summed E-state index contributed by atoms with van der Waals surface area (Å²) in [5.74, 6) is 0. The van der Waals surface area contributed by atoms with E-state index in [1.807, 2.05) is 12.1 Å². The third-order valence-electron chi connectivity index (χ3n) is 8.22. The molecule has 192 valence electrons. The molecule has 0 N–H and O–H groups in total. The van der Waals surface area contributed by atoms with Crippen molar-refractivity contribution in [2.75, 3.05) is 0 Å². The van der Waals surface area contributed by atoms with E-state index in [1.54, 1.807) is 0 Å². The normalized spacial score (nSPS) is 11.9. The average Bonchev–Trinajstić information content (AvgIpc) is 3.70. The van der Waals surface area contributed by atoms with Crippen molar-refractivity contribution in [2.45, 2.75) is 0 Å². The predicted octanol–water partition coefficient (Wildman–Crippen LogP) is 10.8. The number of nitrogens with zero attached hydrogens (tertiary/aromatic N) is 1. The first-order valence-corrected chi connectivity index (χ1v) is 13.9. The van der Waals surface area contributed by atoms with Gasteiger partial charge in [-0.3, -0.25) is 0 Å². The van der Waals surface area contributed by atoms with E-state index >= 15 is 0 Å². The van der Waals surface area contributed by atoms with Crippen LogP contribution in [0.15, 0.2) is 148 Å². The lowest BCUT2D eigenvalue weighted by Crippen LogP contribution is -1.94. The zero-order valence-electron chi connectivity index (χ0n) is 22.0. The van der Waals surface area contributed by atoms with E-state index in [0.29, 0.717) is 0 Å². The number of furan rings is 2. The van der Waals surface area contributed by atoms with Gasteiger partial charge < -0.3 is 13.4 Å². The molecular formula is C38H23NO2. The molecule has 3 heteroatoms. The first-order valence-electron chi connectivity index (χ1n) is 13.9. The van der Waals surface area contributed by atoms with Crippen LogP contribution in [0.25, 0.3) is 82.9 Å². The summed E-state index contributed by atoms with van der Waals surface area (Å²) in [5, 5.41) is 4.48. The largest absolute Gasteiger partial charge is 0.456 e. The Morgan fingerprint density at radius 2 is 1.12 bits per heavy atom. The minimum absolute atomic E-state index is 0.883. The number of para-hydroxylation sites is 3. The van der Waals surface area contributed by atoms with Gasteiger partial charge in [0.1, 0.15) is 22.3 Å². The second-order valence-corrected chi connectivity index (χ2v) is 10.5. The molecule has 0 aliphatic heterocycles. The summed E-state index contributed by atoms with van der Waals surface area (Å²) < 4.78 is 15.1. The van der Waals surface area contributed by atoms with Gasteiger partial charge in [-0.2, -0.15) is 0 Å². The Kier molecular flexibility index (Phi) is 4.61. The molecule has 3 heterocycles. The lowest BCUT2D eigenvalue weighted by molar-refractivity contribution is 0.669. The minimum atomic E-state index is 0.883. The van der Waals surface area contributed by atoms with E-state index in [-0.39, 0.29) is 0 Å². The molecule has 9 rings (SSSR count). The maximum absolute atomic E-state index is 6.64. The zero-order chi connectivity index (χ0) is 26.9. The standard InChI is InChI=1S/C38H23NO2/c1-2-11-25(12-3-1)39-32-18-8-6-16-30(32)38-37(39)36-29(17-10-20-35(36)41-38)27-14-5-4-13-26(27)24-21-22-34-31(23-24)28-15-7-9-19-33(28)40-34/h1-23H. The summed E-state index contributed by atoms with van der Waals surface area (Å²) in [6.07, 6.45) is 0. The van der Waals surface area contributed by atoms with Gasteiger partial charge in [-0.25, -0.2) is 0 Å². The molecule has 0 atom stereocenters. The van der Waals surface area contributed by atoms with Gasteiger partial charge in [0.05, 0.1) is 10.9 Å². The molecule has 3 aromatic heterocycles. The van der Waals surface area contributed by atoms with E-state index in [2.05, 4.69) is 132 Å². The van der Waals surface area contributed by atoms with Gasteiger partial charge in [-0.15, -0.1) is 0 Å². The van der Waals surface area contributed by atoms with Crippen LogP contribution >= 0.6 is 0 Å². The highest BCUT2D eigenvalue weighted by Gasteiger charge is 2.22. The summed E-state index contributed by atoms with van der Waals surface area (Å²) in [6.45, 7) is 0. The van der Waals surface area contributed by atoms with Crippen LogP contribution in [-0.4, -0.2) is 4.57 Å². The summed E-state index contributed by atoms with van der Waals surface area (Å²) in [4.78, 5) is 0. The molecule has 0 fully saturated rings. The van der Waals surface area contributed by atoms with Crippen molar-refractivity contribution < 1.29 is 8.83 Å². The SMILES string of the molecule is c1ccc(-n2c3ccccc3c3oc4cccc(-c5ccccc5-c5ccc6oc7ccccc7c6c5)c4c32)cc1. The van der Waals surface area contributed by atoms with Gasteiger partial charge in [0.25, 0.3) is 0 Å². The Balaban J connectivity index is 1.36. The molecule has 0 unspecified atom stereocenters. The number of benzene rings is 6. The molecule has 6 aromatic carbocycles.